The average molecular weight is 287 g/mol. The SMILES string of the molecule is NCc1c(OC(F)(F)F)[nH]c(Br)cc1=O. The molecule has 15 heavy (non-hydrogen) atoms. The third-order valence-corrected chi connectivity index (χ3v) is 1.91. The van der Waals surface area contributed by atoms with Crippen LogP contribution in [0.25, 0.3) is 0 Å². The molecule has 0 unspecified atom stereocenters. The molecule has 0 aliphatic rings. The summed E-state index contributed by atoms with van der Waals surface area (Å²) < 4.78 is 39.5. The van der Waals surface area contributed by atoms with Crippen LogP contribution in [0.15, 0.2) is 15.5 Å². The van der Waals surface area contributed by atoms with Gasteiger partial charge in [0.25, 0.3) is 0 Å². The van der Waals surface area contributed by atoms with Crippen LogP contribution in [0.5, 0.6) is 5.88 Å². The van der Waals surface area contributed by atoms with Crippen molar-refractivity contribution in [2.24, 2.45) is 5.73 Å². The average Bonchev–Trinajstić information content (AvgIpc) is 1.99. The molecule has 1 aromatic heterocycles. The second kappa shape index (κ2) is 4.23. The highest BCUT2D eigenvalue weighted by Crippen LogP contribution is 2.23. The number of alkyl halides is 3. The van der Waals surface area contributed by atoms with Gasteiger partial charge < -0.3 is 15.5 Å². The smallest absolute Gasteiger partial charge is 0.389 e. The lowest BCUT2D eigenvalue weighted by atomic mass is 10.2. The summed E-state index contributed by atoms with van der Waals surface area (Å²) in [5.74, 6) is -0.690. The van der Waals surface area contributed by atoms with E-state index in [-0.39, 0.29) is 16.7 Å². The lowest BCUT2D eigenvalue weighted by Crippen LogP contribution is -2.23. The van der Waals surface area contributed by atoms with Crippen molar-refractivity contribution in [2.75, 3.05) is 0 Å². The number of hydrogen-bond donors (Lipinski definition) is 2. The van der Waals surface area contributed by atoms with Gasteiger partial charge in [0.1, 0.15) is 0 Å². The third-order valence-electron chi connectivity index (χ3n) is 1.48. The summed E-state index contributed by atoms with van der Waals surface area (Å²) in [6.45, 7) is -0.339. The van der Waals surface area contributed by atoms with Gasteiger partial charge in [-0.25, -0.2) is 0 Å². The summed E-state index contributed by atoms with van der Waals surface area (Å²) in [5, 5.41) is 0. The van der Waals surface area contributed by atoms with E-state index in [0.717, 1.165) is 6.07 Å². The van der Waals surface area contributed by atoms with Crippen LogP contribution in [0, 0.1) is 0 Å². The van der Waals surface area contributed by atoms with E-state index in [1.165, 1.54) is 0 Å². The van der Waals surface area contributed by atoms with E-state index in [9.17, 15) is 18.0 Å². The molecule has 4 nitrogen and oxygen atoms in total. The van der Waals surface area contributed by atoms with Crippen LogP contribution >= 0.6 is 15.9 Å². The molecule has 0 aromatic carbocycles. The summed E-state index contributed by atoms with van der Waals surface area (Å²) in [5.41, 5.74) is 4.26. The van der Waals surface area contributed by atoms with Gasteiger partial charge in [0.15, 0.2) is 5.43 Å². The maximum Gasteiger partial charge on any atom is 0.574 e. The number of pyridine rings is 1. The number of aromatic nitrogens is 1. The van der Waals surface area contributed by atoms with Crippen molar-refractivity contribution in [2.45, 2.75) is 12.9 Å². The fraction of sp³-hybridized carbons (Fsp3) is 0.286. The van der Waals surface area contributed by atoms with Crippen molar-refractivity contribution in [3.8, 4) is 5.88 Å². The number of aromatic amines is 1. The maximum absolute atomic E-state index is 11.9. The van der Waals surface area contributed by atoms with Gasteiger partial charge in [-0.05, 0) is 15.9 Å². The molecule has 0 spiro atoms. The molecular weight excluding hydrogens is 281 g/mol. The van der Waals surface area contributed by atoms with E-state index in [2.05, 4.69) is 25.7 Å². The van der Waals surface area contributed by atoms with Gasteiger partial charge in [-0.3, -0.25) is 4.79 Å². The molecule has 1 aromatic rings. The standard InChI is InChI=1S/C7H6BrF3N2O2/c8-5-1-4(14)3(2-12)6(13-5)15-7(9,10)11/h1H,2,12H2,(H,13,14). The normalized spacial score (nSPS) is 11.5. The zero-order chi connectivity index (χ0) is 11.6. The Balaban J connectivity index is 3.21. The maximum atomic E-state index is 11.9. The van der Waals surface area contributed by atoms with E-state index < -0.39 is 17.7 Å². The van der Waals surface area contributed by atoms with Crippen LogP contribution in [-0.4, -0.2) is 11.3 Å². The van der Waals surface area contributed by atoms with Crippen molar-refractivity contribution in [1.82, 2.24) is 4.98 Å². The molecule has 0 aliphatic carbocycles. The zero-order valence-electron chi connectivity index (χ0n) is 7.19. The number of nitrogens with one attached hydrogen (secondary N) is 1. The second-order valence-corrected chi connectivity index (χ2v) is 3.40. The van der Waals surface area contributed by atoms with Crippen molar-refractivity contribution < 1.29 is 17.9 Å². The summed E-state index contributed by atoms with van der Waals surface area (Å²) >= 11 is 2.84. The minimum atomic E-state index is -4.87. The Morgan fingerprint density at radius 2 is 2.13 bits per heavy atom. The van der Waals surface area contributed by atoms with Crippen LogP contribution in [0.2, 0.25) is 0 Å². The van der Waals surface area contributed by atoms with Gasteiger partial charge in [0.2, 0.25) is 5.88 Å². The van der Waals surface area contributed by atoms with E-state index in [1.54, 1.807) is 0 Å². The largest absolute Gasteiger partial charge is 0.574 e. The van der Waals surface area contributed by atoms with Crippen LogP contribution in [0.1, 0.15) is 5.56 Å². The Morgan fingerprint density at radius 3 is 2.60 bits per heavy atom. The first-order valence-electron chi connectivity index (χ1n) is 3.71. The first-order valence-corrected chi connectivity index (χ1v) is 4.50. The van der Waals surface area contributed by atoms with Crippen LogP contribution in [0.4, 0.5) is 13.2 Å². The molecule has 0 amide bonds. The molecule has 1 rings (SSSR count). The highest BCUT2D eigenvalue weighted by molar-refractivity contribution is 9.10. The number of H-pyrrole nitrogens is 1. The Labute approximate surface area is 90.4 Å². The molecule has 1 heterocycles. The summed E-state index contributed by atoms with van der Waals surface area (Å²) in [6, 6.07) is 1.07. The molecular formula is C7H6BrF3N2O2. The summed E-state index contributed by atoms with van der Waals surface area (Å²) in [7, 11) is 0. The number of nitrogens with two attached hydrogens (primary N) is 1. The van der Waals surface area contributed by atoms with Gasteiger partial charge in [-0.2, -0.15) is 0 Å². The third kappa shape index (κ3) is 3.24. The molecule has 3 N–H and O–H groups in total. The molecule has 8 heteroatoms. The zero-order valence-corrected chi connectivity index (χ0v) is 8.78. The Kier molecular flexibility index (Phi) is 3.40. The molecule has 0 saturated carbocycles. The van der Waals surface area contributed by atoms with Gasteiger partial charge in [0.05, 0.1) is 10.2 Å². The predicted octanol–water partition coefficient (Wildman–Crippen LogP) is 1.49. The summed E-state index contributed by atoms with van der Waals surface area (Å²) in [4.78, 5) is 13.4. The Hall–Kier alpha value is -1.02. The van der Waals surface area contributed by atoms with E-state index in [4.69, 9.17) is 5.73 Å². The number of rotatable bonds is 2. The molecule has 0 fully saturated rings. The molecule has 0 saturated heterocycles. The topological polar surface area (TPSA) is 68.1 Å². The fourth-order valence-corrected chi connectivity index (χ4v) is 1.32. The van der Waals surface area contributed by atoms with Crippen molar-refractivity contribution in [3.63, 3.8) is 0 Å². The molecule has 0 atom stereocenters. The van der Waals surface area contributed by atoms with Crippen LogP contribution in [0.3, 0.4) is 0 Å². The minimum Gasteiger partial charge on any atom is -0.389 e. The lowest BCUT2D eigenvalue weighted by molar-refractivity contribution is -0.276. The number of ether oxygens (including phenoxy) is 1. The quantitative estimate of drug-likeness (QED) is 0.810. The minimum absolute atomic E-state index is 0.0870. The van der Waals surface area contributed by atoms with Gasteiger partial charge in [-0.15, -0.1) is 13.2 Å². The van der Waals surface area contributed by atoms with Crippen LogP contribution < -0.4 is 15.9 Å². The monoisotopic (exact) mass is 286 g/mol. The number of hydrogen-bond acceptors (Lipinski definition) is 3. The molecule has 84 valence electrons. The summed E-state index contributed by atoms with van der Waals surface area (Å²) in [6.07, 6.45) is -4.87. The molecule has 0 bridgehead atoms. The van der Waals surface area contributed by atoms with Crippen LogP contribution in [-0.2, 0) is 6.54 Å². The highest BCUT2D eigenvalue weighted by atomic mass is 79.9. The van der Waals surface area contributed by atoms with E-state index in [1.807, 2.05) is 0 Å². The van der Waals surface area contributed by atoms with Crippen molar-refractivity contribution in [1.29, 1.82) is 0 Å². The van der Waals surface area contributed by atoms with Crippen molar-refractivity contribution in [3.05, 3.63) is 26.5 Å². The highest BCUT2D eigenvalue weighted by Gasteiger charge is 2.33. The lowest BCUT2D eigenvalue weighted by Gasteiger charge is -2.11. The van der Waals surface area contributed by atoms with E-state index in [0.29, 0.717) is 0 Å². The first kappa shape index (κ1) is 12.1. The van der Waals surface area contributed by atoms with Gasteiger partial charge in [0, 0.05) is 12.6 Å². The first-order chi connectivity index (χ1) is 6.83. The number of halogens is 4. The molecule has 0 aliphatic heterocycles. The van der Waals surface area contributed by atoms with Gasteiger partial charge >= 0.3 is 6.36 Å². The van der Waals surface area contributed by atoms with Gasteiger partial charge in [-0.1, -0.05) is 0 Å². The van der Waals surface area contributed by atoms with Crippen molar-refractivity contribution >= 4 is 15.9 Å². The Morgan fingerprint density at radius 1 is 1.53 bits per heavy atom. The predicted molar refractivity (Wildman–Crippen MR) is 49.3 cm³/mol. The second-order valence-electron chi connectivity index (χ2n) is 2.54. The fourth-order valence-electron chi connectivity index (χ4n) is 0.930. The molecule has 0 radical (unpaired) electrons. The Bertz CT molecular complexity index is 416. The van der Waals surface area contributed by atoms with E-state index >= 15 is 0 Å².